The van der Waals surface area contributed by atoms with Gasteiger partial charge in [-0.25, -0.2) is 0 Å². The summed E-state index contributed by atoms with van der Waals surface area (Å²) >= 11 is 2.93. The van der Waals surface area contributed by atoms with E-state index >= 15 is 0 Å². The van der Waals surface area contributed by atoms with Crippen LogP contribution in [-0.4, -0.2) is 34.1 Å². The second kappa shape index (κ2) is 8.58. The van der Waals surface area contributed by atoms with Gasteiger partial charge in [-0.3, -0.25) is 4.79 Å². The van der Waals surface area contributed by atoms with Crippen molar-refractivity contribution >= 4 is 34.1 Å². The number of hydrogen-bond donors (Lipinski definition) is 1. The molecule has 6 nitrogen and oxygen atoms in total. The summed E-state index contributed by atoms with van der Waals surface area (Å²) in [6, 6.07) is 13.7. The fraction of sp³-hybridized carbons (Fsp3) is 0.316. The van der Waals surface area contributed by atoms with Crippen LogP contribution < -0.4 is 5.32 Å². The summed E-state index contributed by atoms with van der Waals surface area (Å²) in [7, 11) is 0. The van der Waals surface area contributed by atoms with Crippen LogP contribution in [0.1, 0.15) is 29.4 Å². The molecule has 0 saturated carbocycles. The van der Waals surface area contributed by atoms with Crippen molar-refractivity contribution in [2.45, 2.75) is 29.0 Å². The number of rotatable bonds is 7. The molecule has 0 bridgehead atoms. The molecule has 0 radical (unpaired) electrons. The van der Waals surface area contributed by atoms with E-state index in [1.165, 1.54) is 23.1 Å². The van der Waals surface area contributed by atoms with Gasteiger partial charge in [0.2, 0.25) is 11.0 Å². The minimum absolute atomic E-state index is 0.156. The lowest BCUT2D eigenvalue weighted by molar-refractivity contribution is -0.129. The van der Waals surface area contributed by atoms with Crippen LogP contribution in [0.2, 0.25) is 0 Å². The Morgan fingerprint density at radius 2 is 2.00 bits per heavy atom. The first-order valence-corrected chi connectivity index (χ1v) is 10.6. The fourth-order valence-corrected chi connectivity index (χ4v) is 5.02. The zero-order valence-electron chi connectivity index (χ0n) is 14.7. The minimum atomic E-state index is -0.296. The third kappa shape index (κ3) is 4.51. The molecular formula is C19H20N4O2S2. The van der Waals surface area contributed by atoms with Crippen LogP contribution in [0.5, 0.6) is 0 Å². The monoisotopic (exact) mass is 400 g/mol. The van der Waals surface area contributed by atoms with E-state index in [0.717, 1.165) is 41.6 Å². The molecule has 27 heavy (non-hydrogen) atoms. The third-order valence-electron chi connectivity index (χ3n) is 4.36. The van der Waals surface area contributed by atoms with Gasteiger partial charge in [-0.1, -0.05) is 53.4 Å². The summed E-state index contributed by atoms with van der Waals surface area (Å²) in [5.74, 6) is 0.995. The van der Waals surface area contributed by atoms with E-state index in [2.05, 4.69) is 15.5 Å². The van der Waals surface area contributed by atoms with Gasteiger partial charge in [-0.15, -0.1) is 10.2 Å². The standard InChI is InChI=1S/C19H20N4O2S2/c24-17(23-10-4-5-11-23)16(14-7-2-1-3-8-14)26-19-22-21-18(27-19)20-13-15-9-6-12-25-15/h1-3,6-9,12,16H,4-5,10-11,13H2,(H,20,21)/t16-/m1/s1. The Morgan fingerprint density at radius 1 is 1.19 bits per heavy atom. The molecule has 140 valence electrons. The molecule has 1 atom stereocenters. The summed E-state index contributed by atoms with van der Waals surface area (Å²) in [4.78, 5) is 15.0. The quantitative estimate of drug-likeness (QED) is 0.600. The summed E-state index contributed by atoms with van der Waals surface area (Å²) in [6.07, 6.45) is 3.81. The highest BCUT2D eigenvalue weighted by atomic mass is 32.2. The number of hydrogen-bond acceptors (Lipinski definition) is 7. The number of anilines is 1. The average molecular weight is 401 g/mol. The number of amides is 1. The second-order valence-corrected chi connectivity index (χ2v) is 8.58. The highest BCUT2D eigenvalue weighted by molar-refractivity contribution is 8.01. The molecule has 1 N–H and O–H groups in total. The van der Waals surface area contributed by atoms with Crippen molar-refractivity contribution in [3.63, 3.8) is 0 Å². The topological polar surface area (TPSA) is 71.3 Å². The number of aromatic nitrogens is 2. The maximum Gasteiger partial charge on any atom is 0.240 e. The summed E-state index contributed by atoms with van der Waals surface area (Å²) in [6.45, 7) is 2.24. The molecule has 3 aromatic rings. The molecule has 2 aromatic heterocycles. The van der Waals surface area contributed by atoms with Crippen molar-refractivity contribution in [2.24, 2.45) is 0 Å². The number of carbonyl (C=O) groups excluding carboxylic acids is 1. The number of likely N-dealkylation sites (tertiary alicyclic amines) is 1. The second-order valence-electron chi connectivity index (χ2n) is 6.25. The van der Waals surface area contributed by atoms with Crippen LogP contribution in [0.15, 0.2) is 57.5 Å². The summed E-state index contributed by atoms with van der Waals surface area (Å²) in [5.41, 5.74) is 1.000. The van der Waals surface area contributed by atoms with Crippen molar-refractivity contribution in [3.05, 3.63) is 60.1 Å². The van der Waals surface area contributed by atoms with E-state index in [0.29, 0.717) is 11.7 Å². The van der Waals surface area contributed by atoms with E-state index in [1.807, 2.05) is 47.4 Å². The number of furan rings is 1. The van der Waals surface area contributed by atoms with Crippen LogP contribution in [0.4, 0.5) is 5.13 Å². The Bertz CT molecular complexity index is 861. The number of benzene rings is 1. The van der Waals surface area contributed by atoms with Gasteiger partial charge in [-0.05, 0) is 30.5 Å². The SMILES string of the molecule is O=C([C@H](Sc1nnc(NCc2ccco2)s1)c1ccccc1)N1CCCC1. The number of nitrogens with zero attached hydrogens (tertiary/aromatic N) is 3. The van der Waals surface area contributed by atoms with Gasteiger partial charge in [-0.2, -0.15) is 0 Å². The molecule has 1 amide bonds. The first kappa shape index (κ1) is 18.1. The van der Waals surface area contributed by atoms with Crippen LogP contribution in [-0.2, 0) is 11.3 Å². The zero-order valence-corrected chi connectivity index (χ0v) is 16.3. The van der Waals surface area contributed by atoms with Gasteiger partial charge in [0.25, 0.3) is 0 Å². The molecule has 0 unspecified atom stereocenters. The smallest absolute Gasteiger partial charge is 0.240 e. The molecule has 8 heteroatoms. The molecule has 4 rings (SSSR count). The van der Waals surface area contributed by atoms with E-state index < -0.39 is 0 Å². The first-order valence-electron chi connectivity index (χ1n) is 8.90. The average Bonchev–Trinajstić information content (AvgIpc) is 3.48. The molecule has 0 aliphatic carbocycles. The van der Waals surface area contributed by atoms with E-state index in [1.54, 1.807) is 6.26 Å². The van der Waals surface area contributed by atoms with Crippen LogP contribution >= 0.6 is 23.1 Å². The molecule has 1 saturated heterocycles. The molecule has 1 aliphatic heterocycles. The molecular weight excluding hydrogens is 380 g/mol. The number of nitrogens with one attached hydrogen (secondary N) is 1. The van der Waals surface area contributed by atoms with Gasteiger partial charge >= 0.3 is 0 Å². The van der Waals surface area contributed by atoms with Crippen LogP contribution in [0.25, 0.3) is 0 Å². The van der Waals surface area contributed by atoms with Gasteiger partial charge in [0.15, 0.2) is 4.34 Å². The van der Waals surface area contributed by atoms with Crippen LogP contribution in [0, 0.1) is 0 Å². The lowest BCUT2D eigenvalue weighted by Gasteiger charge is -2.22. The van der Waals surface area contributed by atoms with Gasteiger partial charge in [0.05, 0.1) is 12.8 Å². The summed E-state index contributed by atoms with van der Waals surface area (Å²) < 4.78 is 6.09. The maximum atomic E-state index is 13.1. The van der Waals surface area contributed by atoms with Gasteiger partial charge < -0.3 is 14.6 Å². The molecule has 0 spiro atoms. The van der Waals surface area contributed by atoms with Crippen molar-refractivity contribution < 1.29 is 9.21 Å². The highest BCUT2D eigenvalue weighted by Crippen LogP contribution is 2.39. The lowest BCUT2D eigenvalue weighted by atomic mass is 10.1. The normalized spacial score (nSPS) is 15.0. The number of thioether (sulfide) groups is 1. The van der Waals surface area contributed by atoms with E-state index in [9.17, 15) is 4.79 Å². The van der Waals surface area contributed by atoms with Crippen molar-refractivity contribution in [1.82, 2.24) is 15.1 Å². The van der Waals surface area contributed by atoms with Crippen molar-refractivity contribution in [3.8, 4) is 0 Å². The minimum Gasteiger partial charge on any atom is -0.467 e. The maximum absolute atomic E-state index is 13.1. The Kier molecular flexibility index (Phi) is 5.74. The van der Waals surface area contributed by atoms with Crippen molar-refractivity contribution in [2.75, 3.05) is 18.4 Å². The fourth-order valence-electron chi connectivity index (χ4n) is 3.00. The molecule has 3 heterocycles. The van der Waals surface area contributed by atoms with E-state index in [4.69, 9.17) is 4.42 Å². The Hall–Kier alpha value is -2.32. The molecule has 1 aliphatic rings. The Labute approximate surface area is 166 Å². The van der Waals surface area contributed by atoms with Crippen LogP contribution in [0.3, 0.4) is 0 Å². The zero-order chi connectivity index (χ0) is 18.5. The molecule has 1 fully saturated rings. The third-order valence-corrected chi connectivity index (χ3v) is 6.57. The predicted octanol–water partition coefficient (Wildman–Crippen LogP) is 4.20. The Morgan fingerprint density at radius 3 is 2.74 bits per heavy atom. The van der Waals surface area contributed by atoms with E-state index in [-0.39, 0.29) is 11.2 Å². The first-order chi connectivity index (χ1) is 13.3. The molecule has 1 aromatic carbocycles. The largest absolute Gasteiger partial charge is 0.467 e. The Balaban J connectivity index is 1.47. The summed E-state index contributed by atoms with van der Waals surface area (Å²) in [5, 5.41) is 12.1. The highest BCUT2D eigenvalue weighted by Gasteiger charge is 2.29. The lowest BCUT2D eigenvalue weighted by Crippen LogP contribution is -2.31. The van der Waals surface area contributed by atoms with Gasteiger partial charge in [0, 0.05) is 13.1 Å². The van der Waals surface area contributed by atoms with Crippen molar-refractivity contribution in [1.29, 1.82) is 0 Å². The predicted molar refractivity (Wildman–Crippen MR) is 107 cm³/mol. The number of carbonyl (C=O) groups is 1. The van der Waals surface area contributed by atoms with Gasteiger partial charge in [0.1, 0.15) is 11.0 Å².